The standard InChI is InChI=1S/C32H35ClF3N3O4S/c1-3-29(31(41)37-24-12-7-8-13-24)38(20-23-11-9-10-22(2)18-23)30(40)21-39(44(42,43)26-14-5-4-6-15-26)25-16-17-28(33)27(19-25)32(34,35)36/h4-6,9-11,14-19,24,29H,3,7-8,12-13,20-21H2,1-2H3,(H,37,41)/t29-/m1/s1. The number of carbonyl (C=O) groups is 2. The monoisotopic (exact) mass is 649 g/mol. The van der Waals surface area contributed by atoms with Gasteiger partial charge < -0.3 is 10.2 Å². The lowest BCUT2D eigenvalue weighted by Crippen LogP contribution is -2.53. The van der Waals surface area contributed by atoms with E-state index in [9.17, 15) is 31.2 Å². The maximum atomic E-state index is 14.2. The number of nitrogens with one attached hydrogen (secondary N) is 1. The van der Waals surface area contributed by atoms with Crippen LogP contribution in [0.5, 0.6) is 0 Å². The van der Waals surface area contributed by atoms with E-state index in [2.05, 4.69) is 5.32 Å². The van der Waals surface area contributed by atoms with E-state index in [1.807, 2.05) is 25.1 Å². The van der Waals surface area contributed by atoms with Gasteiger partial charge in [-0.1, -0.05) is 79.4 Å². The molecule has 4 rings (SSSR count). The zero-order valence-electron chi connectivity index (χ0n) is 24.5. The zero-order chi connectivity index (χ0) is 32.1. The molecule has 0 saturated heterocycles. The van der Waals surface area contributed by atoms with E-state index in [0.29, 0.717) is 15.9 Å². The van der Waals surface area contributed by atoms with E-state index >= 15 is 0 Å². The van der Waals surface area contributed by atoms with Crippen LogP contribution in [-0.2, 0) is 32.3 Å². The molecule has 0 unspecified atom stereocenters. The summed E-state index contributed by atoms with van der Waals surface area (Å²) in [7, 11) is -4.53. The number of anilines is 1. The fraction of sp³-hybridized carbons (Fsp3) is 0.375. The molecule has 0 radical (unpaired) electrons. The molecule has 1 aliphatic rings. The molecule has 0 spiro atoms. The first-order valence-corrected chi connectivity index (χ1v) is 16.2. The second-order valence-electron chi connectivity index (χ2n) is 10.9. The number of aryl methyl sites for hydroxylation is 1. The number of alkyl halides is 3. The summed E-state index contributed by atoms with van der Waals surface area (Å²) in [6.07, 6.45) is -1.00. The lowest BCUT2D eigenvalue weighted by atomic mass is 10.1. The van der Waals surface area contributed by atoms with E-state index < -0.39 is 51.0 Å². The van der Waals surface area contributed by atoms with Crippen molar-refractivity contribution < 1.29 is 31.2 Å². The third-order valence-electron chi connectivity index (χ3n) is 7.68. The van der Waals surface area contributed by atoms with Crippen molar-refractivity contribution in [2.75, 3.05) is 10.8 Å². The smallest absolute Gasteiger partial charge is 0.352 e. The number of carbonyl (C=O) groups excluding carboxylic acids is 2. The Morgan fingerprint density at radius 3 is 2.30 bits per heavy atom. The predicted octanol–water partition coefficient (Wildman–Crippen LogP) is 6.73. The summed E-state index contributed by atoms with van der Waals surface area (Å²) in [6.45, 7) is 2.77. The van der Waals surface area contributed by atoms with Crippen molar-refractivity contribution in [2.24, 2.45) is 0 Å². The van der Waals surface area contributed by atoms with Gasteiger partial charge in [0.25, 0.3) is 10.0 Å². The number of sulfonamides is 1. The van der Waals surface area contributed by atoms with E-state index in [0.717, 1.165) is 43.4 Å². The quantitative estimate of drug-likeness (QED) is 0.250. The van der Waals surface area contributed by atoms with E-state index in [-0.39, 0.29) is 29.8 Å². The van der Waals surface area contributed by atoms with Gasteiger partial charge in [0.1, 0.15) is 12.6 Å². The van der Waals surface area contributed by atoms with Crippen molar-refractivity contribution >= 4 is 39.1 Å². The van der Waals surface area contributed by atoms with Gasteiger partial charge in [0.05, 0.1) is 21.2 Å². The Bertz CT molecular complexity index is 1580. The van der Waals surface area contributed by atoms with Gasteiger partial charge in [0.15, 0.2) is 0 Å². The predicted molar refractivity (Wildman–Crippen MR) is 164 cm³/mol. The molecule has 3 aromatic carbocycles. The molecule has 3 aromatic rings. The van der Waals surface area contributed by atoms with Gasteiger partial charge >= 0.3 is 6.18 Å². The Morgan fingerprint density at radius 2 is 1.68 bits per heavy atom. The SMILES string of the molecule is CC[C@H](C(=O)NC1CCCC1)N(Cc1cccc(C)c1)C(=O)CN(c1ccc(Cl)c(C(F)(F)F)c1)S(=O)(=O)c1ccccc1. The van der Waals surface area contributed by atoms with Crippen LogP contribution in [0.2, 0.25) is 5.02 Å². The second kappa shape index (κ2) is 14.0. The van der Waals surface area contributed by atoms with Crippen molar-refractivity contribution in [3.63, 3.8) is 0 Å². The highest BCUT2D eigenvalue weighted by Gasteiger charge is 2.37. The molecular formula is C32H35ClF3N3O4S. The summed E-state index contributed by atoms with van der Waals surface area (Å²) in [5, 5.41) is 2.42. The van der Waals surface area contributed by atoms with E-state index in [4.69, 9.17) is 11.6 Å². The number of hydrogen-bond donors (Lipinski definition) is 1. The summed E-state index contributed by atoms with van der Waals surface area (Å²) >= 11 is 5.83. The molecular weight excluding hydrogens is 615 g/mol. The minimum absolute atomic E-state index is 0.00918. The van der Waals surface area contributed by atoms with Gasteiger partial charge in [-0.25, -0.2) is 8.42 Å². The fourth-order valence-electron chi connectivity index (χ4n) is 5.43. The minimum Gasteiger partial charge on any atom is -0.352 e. The number of benzene rings is 3. The molecule has 236 valence electrons. The number of rotatable bonds is 11. The maximum absolute atomic E-state index is 14.2. The van der Waals surface area contributed by atoms with Gasteiger partial charge in [0, 0.05) is 12.6 Å². The Labute approximate surface area is 261 Å². The summed E-state index contributed by atoms with van der Waals surface area (Å²) in [6, 6.07) is 16.2. The molecule has 2 amide bonds. The topological polar surface area (TPSA) is 86.8 Å². The second-order valence-corrected chi connectivity index (χ2v) is 13.2. The van der Waals surface area contributed by atoms with Gasteiger partial charge in [-0.3, -0.25) is 13.9 Å². The Kier molecular flexibility index (Phi) is 10.6. The molecule has 1 fully saturated rings. The summed E-state index contributed by atoms with van der Waals surface area (Å²) in [4.78, 5) is 28.8. The van der Waals surface area contributed by atoms with Crippen LogP contribution in [0.3, 0.4) is 0 Å². The Balaban J connectivity index is 1.77. The fourth-order valence-corrected chi connectivity index (χ4v) is 7.08. The van der Waals surface area contributed by atoms with Gasteiger partial charge in [0.2, 0.25) is 11.8 Å². The van der Waals surface area contributed by atoms with Crippen LogP contribution < -0.4 is 9.62 Å². The van der Waals surface area contributed by atoms with Gasteiger partial charge in [-0.15, -0.1) is 0 Å². The first-order valence-electron chi connectivity index (χ1n) is 14.4. The summed E-state index contributed by atoms with van der Waals surface area (Å²) in [5.74, 6) is -1.10. The van der Waals surface area contributed by atoms with Crippen molar-refractivity contribution in [3.05, 3.63) is 94.5 Å². The van der Waals surface area contributed by atoms with Crippen LogP contribution in [0, 0.1) is 6.92 Å². The van der Waals surface area contributed by atoms with Crippen LogP contribution in [-0.4, -0.2) is 43.8 Å². The first kappa shape index (κ1) is 33.3. The highest BCUT2D eigenvalue weighted by atomic mass is 35.5. The molecule has 12 heteroatoms. The molecule has 0 heterocycles. The Morgan fingerprint density at radius 1 is 1.00 bits per heavy atom. The van der Waals surface area contributed by atoms with Crippen LogP contribution in [0.25, 0.3) is 0 Å². The average Bonchev–Trinajstić information content (AvgIpc) is 3.49. The lowest BCUT2D eigenvalue weighted by molar-refractivity contribution is -0.140. The van der Waals surface area contributed by atoms with Crippen LogP contribution >= 0.6 is 11.6 Å². The molecule has 1 N–H and O–H groups in total. The molecule has 1 atom stereocenters. The molecule has 1 saturated carbocycles. The van der Waals surface area contributed by atoms with Crippen molar-refractivity contribution in [1.82, 2.24) is 10.2 Å². The van der Waals surface area contributed by atoms with Crippen LogP contribution in [0.1, 0.15) is 55.7 Å². The van der Waals surface area contributed by atoms with Gasteiger partial charge in [-0.05, 0) is 62.1 Å². The lowest BCUT2D eigenvalue weighted by Gasteiger charge is -2.34. The number of halogens is 4. The minimum atomic E-state index is -4.87. The Hall–Kier alpha value is -3.57. The zero-order valence-corrected chi connectivity index (χ0v) is 26.1. The third kappa shape index (κ3) is 7.92. The number of amides is 2. The first-order chi connectivity index (χ1) is 20.8. The summed E-state index contributed by atoms with van der Waals surface area (Å²) in [5.41, 5.74) is 0.00974. The van der Waals surface area contributed by atoms with Gasteiger partial charge in [-0.2, -0.15) is 13.2 Å². The molecule has 0 bridgehead atoms. The van der Waals surface area contributed by atoms with Crippen molar-refractivity contribution in [3.8, 4) is 0 Å². The van der Waals surface area contributed by atoms with E-state index in [1.165, 1.54) is 29.2 Å². The molecule has 0 aromatic heterocycles. The van der Waals surface area contributed by atoms with Crippen LogP contribution in [0.15, 0.2) is 77.7 Å². The molecule has 7 nitrogen and oxygen atoms in total. The largest absolute Gasteiger partial charge is 0.417 e. The summed E-state index contributed by atoms with van der Waals surface area (Å²) < 4.78 is 69.9. The van der Waals surface area contributed by atoms with Crippen LogP contribution in [0.4, 0.5) is 18.9 Å². The van der Waals surface area contributed by atoms with E-state index in [1.54, 1.807) is 19.1 Å². The number of hydrogen-bond acceptors (Lipinski definition) is 4. The van der Waals surface area contributed by atoms with Crippen molar-refractivity contribution in [1.29, 1.82) is 0 Å². The molecule has 44 heavy (non-hydrogen) atoms. The maximum Gasteiger partial charge on any atom is 0.417 e. The highest BCUT2D eigenvalue weighted by molar-refractivity contribution is 7.92. The third-order valence-corrected chi connectivity index (χ3v) is 9.79. The van der Waals surface area contributed by atoms with Crippen molar-refractivity contribution in [2.45, 2.75) is 75.7 Å². The number of nitrogens with zero attached hydrogens (tertiary/aromatic N) is 2. The molecule has 1 aliphatic carbocycles. The average molecular weight is 650 g/mol. The highest BCUT2D eigenvalue weighted by Crippen LogP contribution is 2.38. The normalized spacial score (nSPS) is 14.7. The molecule has 0 aliphatic heterocycles.